The smallest absolute Gasteiger partial charge is 0.229 e. The second-order valence-corrected chi connectivity index (χ2v) is 12.3. The molecule has 3 N–H and O–H groups in total. The van der Waals surface area contributed by atoms with Gasteiger partial charge in [0.15, 0.2) is 5.82 Å². The summed E-state index contributed by atoms with van der Waals surface area (Å²) in [6.07, 6.45) is 7.79. The van der Waals surface area contributed by atoms with Gasteiger partial charge in [0.1, 0.15) is 16.3 Å². The van der Waals surface area contributed by atoms with E-state index in [2.05, 4.69) is 73.0 Å². The lowest BCUT2D eigenvalue weighted by Crippen LogP contribution is -2.73. The average molecular weight is 606 g/mol. The van der Waals surface area contributed by atoms with Crippen LogP contribution < -0.4 is 25.0 Å². The highest BCUT2D eigenvalue weighted by molar-refractivity contribution is 7.99. The van der Waals surface area contributed by atoms with E-state index >= 15 is 0 Å². The molecule has 4 aromatic rings. The van der Waals surface area contributed by atoms with Crippen molar-refractivity contribution >= 4 is 69.1 Å². The number of nitrogens with zero attached hydrogens (tertiary/aromatic N) is 6. The van der Waals surface area contributed by atoms with E-state index in [4.69, 9.17) is 21.3 Å². The number of ether oxygens (including phenoxy) is 1. The number of methoxy groups -OCH3 is 1. The molecule has 0 amide bonds. The molecule has 12 heteroatoms. The van der Waals surface area contributed by atoms with Crippen LogP contribution in [0.25, 0.3) is 11.0 Å². The highest BCUT2D eigenvalue weighted by Gasteiger charge is 2.52. The Morgan fingerprint density at radius 2 is 1.83 bits per heavy atom. The molecule has 0 radical (unpaired) electrons. The molecule has 0 atom stereocenters. The van der Waals surface area contributed by atoms with E-state index in [1.807, 2.05) is 18.4 Å². The fourth-order valence-corrected chi connectivity index (χ4v) is 6.43. The van der Waals surface area contributed by atoms with Crippen LogP contribution in [-0.2, 0) is 6.42 Å². The molecular weight excluding hydrogens is 570 g/mol. The van der Waals surface area contributed by atoms with Gasteiger partial charge in [0.2, 0.25) is 5.95 Å². The summed E-state index contributed by atoms with van der Waals surface area (Å²) in [6.45, 7) is 11.3. The van der Waals surface area contributed by atoms with Crippen molar-refractivity contribution in [2.45, 2.75) is 33.2 Å². The molecule has 2 saturated heterocycles. The summed E-state index contributed by atoms with van der Waals surface area (Å²) in [5.41, 5.74) is 6.84. The predicted molar refractivity (Wildman–Crippen MR) is 174 cm³/mol. The fourth-order valence-electron chi connectivity index (χ4n) is 5.88. The van der Waals surface area contributed by atoms with Crippen molar-refractivity contribution in [2.24, 2.45) is 5.41 Å². The molecule has 2 aliphatic heterocycles. The summed E-state index contributed by atoms with van der Waals surface area (Å²) in [5, 5.41) is 7.12. The van der Waals surface area contributed by atoms with Crippen molar-refractivity contribution in [1.82, 2.24) is 24.8 Å². The number of rotatable bonds is 10. The van der Waals surface area contributed by atoms with Crippen LogP contribution in [0.15, 0.2) is 42.9 Å². The summed E-state index contributed by atoms with van der Waals surface area (Å²) in [5.74, 6) is 1.61. The van der Waals surface area contributed by atoms with Gasteiger partial charge in [0.05, 0.1) is 35.9 Å². The lowest BCUT2D eigenvalue weighted by molar-refractivity contribution is -0.0412. The van der Waals surface area contributed by atoms with Crippen LogP contribution in [0.5, 0.6) is 5.75 Å². The summed E-state index contributed by atoms with van der Waals surface area (Å²) in [7, 11) is 1.69. The Kier molecular flexibility index (Phi) is 7.91. The maximum absolute atomic E-state index is 6.54. The van der Waals surface area contributed by atoms with Crippen LogP contribution in [0.1, 0.15) is 26.3 Å². The molecule has 0 aliphatic carbocycles. The van der Waals surface area contributed by atoms with Gasteiger partial charge in [-0.05, 0) is 44.0 Å². The Bertz CT molecular complexity index is 1600. The molecule has 2 aromatic carbocycles. The first kappa shape index (κ1) is 28.6. The number of nitrogens with one attached hydrogen (secondary N) is 3. The Morgan fingerprint density at radius 1 is 1.05 bits per heavy atom. The van der Waals surface area contributed by atoms with E-state index in [0.717, 1.165) is 53.4 Å². The molecule has 0 saturated carbocycles. The number of hydrogen-bond donors (Lipinski definition) is 3. The number of halogens is 1. The van der Waals surface area contributed by atoms with Gasteiger partial charge in [-0.25, -0.2) is 4.98 Å². The molecule has 0 bridgehead atoms. The molecule has 2 fully saturated rings. The lowest BCUT2D eigenvalue weighted by Gasteiger charge is -2.62. The van der Waals surface area contributed by atoms with Crippen molar-refractivity contribution in [3.8, 4) is 5.75 Å². The largest absolute Gasteiger partial charge is 0.494 e. The second-order valence-electron chi connectivity index (χ2n) is 11.2. The Morgan fingerprint density at radius 3 is 2.55 bits per heavy atom. The standard InChI is InChI=1S/C30H36ClN9OS/c1-6-19-11-23(25(41-4)12-24(19)40-16-30(17-40)14-39(15-30)18(2)3)36-29-34-13-20(31)28(37-29)35-22-8-7-21-26(27(22)38-42-5)33-10-9-32-21/h7-13,18,38H,6,14-17H2,1-5H3,(H2,34,35,36,37). The Labute approximate surface area is 255 Å². The molecule has 1 spiro atoms. The third-order valence-electron chi connectivity index (χ3n) is 8.07. The SMILES string of the molecule is CCc1cc(Nc2ncc(Cl)c(Nc3ccc4nccnc4c3NSC)n2)c(OC)cc1N1CC2(C1)CN(C(C)C)C2. The number of benzene rings is 2. The van der Waals surface area contributed by atoms with E-state index in [1.165, 1.54) is 36.3 Å². The van der Waals surface area contributed by atoms with Crippen LogP contribution in [0, 0.1) is 5.41 Å². The Hall–Kier alpha value is -3.54. The van der Waals surface area contributed by atoms with Crippen molar-refractivity contribution in [2.75, 3.05) is 59.8 Å². The van der Waals surface area contributed by atoms with Gasteiger partial charge in [-0.3, -0.25) is 14.9 Å². The minimum absolute atomic E-state index is 0.394. The van der Waals surface area contributed by atoms with E-state index in [9.17, 15) is 0 Å². The first-order valence-corrected chi connectivity index (χ1v) is 15.7. The molecule has 2 aromatic heterocycles. The van der Waals surface area contributed by atoms with Gasteiger partial charge in [-0.2, -0.15) is 4.98 Å². The molecule has 0 unspecified atom stereocenters. The van der Waals surface area contributed by atoms with E-state index in [1.54, 1.807) is 25.7 Å². The zero-order valence-electron chi connectivity index (χ0n) is 24.5. The molecule has 2 aliphatic rings. The zero-order chi connectivity index (χ0) is 29.4. The summed E-state index contributed by atoms with van der Waals surface area (Å²) in [6, 6.07) is 8.74. The van der Waals surface area contributed by atoms with Crippen molar-refractivity contribution in [1.29, 1.82) is 0 Å². The molecule has 220 valence electrons. The molecule has 4 heterocycles. The van der Waals surface area contributed by atoms with Gasteiger partial charge in [-0.1, -0.05) is 30.5 Å². The maximum Gasteiger partial charge on any atom is 0.229 e. The number of fused-ring (bicyclic) bond motifs is 1. The zero-order valence-corrected chi connectivity index (χ0v) is 26.1. The quantitative estimate of drug-likeness (QED) is 0.176. The van der Waals surface area contributed by atoms with Gasteiger partial charge in [-0.15, -0.1) is 0 Å². The van der Waals surface area contributed by atoms with Crippen LogP contribution in [-0.4, -0.2) is 70.4 Å². The lowest BCUT2D eigenvalue weighted by atomic mass is 9.72. The van der Waals surface area contributed by atoms with E-state index in [0.29, 0.717) is 28.2 Å². The van der Waals surface area contributed by atoms with Crippen molar-refractivity contribution in [3.05, 3.63) is 53.4 Å². The van der Waals surface area contributed by atoms with Crippen LogP contribution in [0.2, 0.25) is 5.02 Å². The minimum atomic E-state index is 0.394. The molecule has 42 heavy (non-hydrogen) atoms. The van der Waals surface area contributed by atoms with Crippen molar-refractivity contribution < 1.29 is 4.74 Å². The van der Waals surface area contributed by atoms with E-state index < -0.39 is 0 Å². The van der Waals surface area contributed by atoms with Gasteiger partial charge in [0, 0.05) is 68.0 Å². The summed E-state index contributed by atoms with van der Waals surface area (Å²) >= 11 is 8.01. The van der Waals surface area contributed by atoms with Gasteiger partial charge < -0.3 is 25.0 Å². The van der Waals surface area contributed by atoms with Crippen molar-refractivity contribution in [3.63, 3.8) is 0 Å². The Balaban J connectivity index is 1.24. The second kappa shape index (κ2) is 11.6. The normalized spacial score (nSPS) is 15.9. The number of aromatic nitrogens is 4. The summed E-state index contributed by atoms with van der Waals surface area (Å²) in [4.78, 5) is 23.1. The molecule has 10 nitrogen and oxygen atoms in total. The fraction of sp³-hybridized carbons (Fsp3) is 0.400. The summed E-state index contributed by atoms with van der Waals surface area (Å²) < 4.78 is 9.14. The number of likely N-dealkylation sites (tertiary alicyclic amines) is 1. The topological polar surface area (TPSA) is 103 Å². The van der Waals surface area contributed by atoms with Gasteiger partial charge >= 0.3 is 0 Å². The number of aryl methyl sites for hydroxylation is 1. The van der Waals surface area contributed by atoms with Crippen LogP contribution in [0.4, 0.5) is 34.5 Å². The first-order valence-electron chi connectivity index (χ1n) is 14.1. The highest BCUT2D eigenvalue weighted by atomic mass is 35.5. The van der Waals surface area contributed by atoms with E-state index in [-0.39, 0.29) is 0 Å². The third-order valence-corrected chi connectivity index (χ3v) is 8.76. The molecular formula is C30H36ClN9OS. The van der Waals surface area contributed by atoms with Crippen LogP contribution >= 0.6 is 23.5 Å². The van der Waals surface area contributed by atoms with Gasteiger partial charge in [0.25, 0.3) is 0 Å². The third kappa shape index (κ3) is 5.36. The monoisotopic (exact) mass is 605 g/mol. The highest BCUT2D eigenvalue weighted by Crippen LogP contribution is 2.45. The first-order chi connectivity index (χ1) is 20.3. The van der Waals surface area contributed by atoms with Crippen LogP contribution in [0.3, 0.4) is 0 Å². The molecule has 6 rings (SSSR count). The predicted octanol–water partition coefficient (Wildman–Crippen LogP) is 6.35. The maximum atomic E-state index is 6.54. The number of anilines is 6. The number of hydrogen-bond acceptors (Lipinski definition) is 11. The minimum Gasteiger partial charge on any atom is -0.494 e. The average Bonchev–Trinajstić information content (AvgIpc) is 2.94.